The van der Waals surface area contributed by atoms with Gasteiger partial charge >= 0.3 is 0 Å². The normalized spacial score (nSPS) is 11.7. The highest BCUT2D eigenvalue weighted by Gasteiger charge is 2.15. The molecule has 1 aromatic rings. The first-order chi connectivity index (χ1) is 7.91. The van der Waals surface area contributed by atoms with Gasteiger partial charge in [0.2, 0.25) is 5.91 Å². The van der Waals surface area contributed by atoms with Crippen LogP contribution in [0.15, 0.2) is 24.3 Å². The van der Waals surface area contributed by atoms with Crippen LogP contribution < -0.4 is 5.32 Å². The molecule has 0 aliphatic heterocycles. The quantitative estimate of drug-likeness (QED) is 0.635. The third-order valence-corrected chi connectivity index (χ3v) is 2.25. The fourth-order valence-corrected chi connectivity index (χ4v) is 1.41. The summed E-state index contributed by atoms with van der Waals surface area (Å²) < 4.78 is 0. The van der Waals surface area contributed by atoms with Crippen LogP contribution in [0.5, 0.6) is 0 Å². The molecule has 0 aliphatic carbocycles. The molecule has 0 saturated carbocycles. The Balaban J connectivity index is 2.78. The fourth-order valence-electron chi connectivity index (χ4n) is 1.41. The lowest BCUT2D eigenvalue weighted by atomic mass is 10.2. The van der Waals surface area contributed by atoms with Crippen LogP contribution in [0.25, 0.3) is 0 Å². The van der Waals surface area contributed by atoms with Crippen molar-refractivity contribution in [3.05, 3.63) is 34.4 Å². The van der Waals surface area contributed by atoms with Gasteiger partial charge in [0.15, 0.2) is 0 Å². The number of nitro benzene ring substituents is 1. The Morgan fingerprint density at radius 2 is 2.12 bits per heavy atom. The van der Waals surface area contributed by atoms with Gasteiger partial charge in [-0.25, -0.2) is 0 Å². The zero-order valence-electron chi connectivity index (χ0n) is 10.0. The number of likely N-dealkylation sites (N-methyl/N-ethyl adjacent to an activating group) is 1. The molecule has 17 heavy (non-hydrogen) atoms. The number of amides is 1. The van der Waals surface area contributed by atoms with E-state index in [1.165, 1.54) is 17.0 Å². The van der Waals surface area contributed by atoms with Gasteiger partial charge in [0.25, 0.3) is 5.69 Å². The number of nitrogens with zero attached hydrogens (tertiary/aromatic N) is 2. The van der Waals surface area contributed by atoms with E-state index in [1.54, 1.807) is 33.2 Å². The van der Waals surface area contributed by atoms with E-state index in [4.69, 9.17) is 0 Å². The van der Waals surface area contributed by atoms with Crippen molar-refractivity contribution < 1.29 is 9.72 Å². The predicted molar refractivity (Wildman–Crippen MR) is 64.9 cm³/mol. The van der Waals surface area contributed by atoms with Crippen LogP contribution in [-0.4, -0.2) is 35.9 Å². The fraction of sp³-hybridized carbons (Fsp3) is 0.364. The predicted octanol–water partition coefficient (Wildman–Crippen LogP) is 1.48. The lowest BCUT2D eigenvalue weighted by Crippen LogP contribution is -2.36. The maximum atomic E-state index is 11.6. The minimum Gasteiger partial charge on any atom is -0.374 e. The number of carbonyl (C=O) groups is 1. The molecular weight excluding hydrogens is 222 g/mol. The molecule has 0 aromatic heterocycles. The standard InChI is InChI=1S/C11H15N3O3/c1-8(11(15)13(2)3)12-9-5-4-6-10(7-9)14(16)17/h4-8,12H,1-3H3/t8-/m0/s1. The third-order valence-electron chi connectivity index (χ3n) is 2.25. The Hall–Kier alpha value is -2.11. The number of non-ortho nitro benzene ring substituents is 1. The molecule has 6 nitrogen and oxygen atoms in total. The van der Waals surface area contributed by atoms with Gasteiger partial charge in [0.1, 0.15) is 6.04 Å². The van der Waals surface area contributed by atoms with E-state index in [1.807, 2.05) is 0 Å². The summed E-state index contributed by atoms with van der Waals surface area (Å²) in [6, 6.07) is 5.65. The largest absolute Gasteiger partial charge is 0.374 e. The topological polar surface area (TPSA) is 75.5 Å². The Labute approximate surface area is 99.4 Å². The van der Waals surface area contributed by atoms with E-state index in [9.17, 15) is 14.9 Å². The Kier molecular flexibility index (Phi) is 4.03. The maximum Gasteiger partial charge on any atom is 0.271 e. The summed E-state index contributed by atoms with van der Waals surface area (Å²) >= 11 is 0. The molecule has 0 saturated heterocycles. The maximum absolute atomic E-state index is 11.6. The van der Waals surface area contributed by atoms with Crippen molar-refractivity contribution in [1.82, 2.24) is 4.90 Å². The van der Waals surface area contributed by atoms with Gasteiger partial charge in [0, 0.05) is 31.9 Å². The van der Waals surface area contributed by atoms with Gasteiger partial charge in [-0.2, -0.15) is 0 Å². The summed E-state index contributed by atoms with van der Waals surface area (Å²) in [5, 5.41) is 13.5. The molecule has 1 aromatic carbocycles. The number of nitrogens with one attached hydrogen (secondary N) is 1. The van der Waals surface area contributed by atoms with Crippen molar-refractivity contribution in [1.29, 1.82) is 0 Å². The van der Waals surface area contributed by atoms with Crippen molar-refractivity contribution >= 4 is 17.3 Å². The van der Waals surface area contributed by atoms with Crippen molar-refractivity contribution in [3.63, 3.8) is 0 Å². The molecule has 1 N–H and O–H groups in total. The molecule has 0 unspecified atom stereocenters. The first kappa shape index (κ1) is 13.0. The SMILES string of the molecule is C[C@H](Nc1cccc([N+](=O)[O-])c1)C(=O)N(C)C. The van der Waals surface area contributed by atoms with Crippen molar-refractivity contribution in [2.24, 2.45) is 0 Å². The zero-order valence-corrected chi connectivity index (χ0v) is 10.0. The molecule has 1 atom stereocenters. The second kappa shape index (κ2) is 5.29. The summed E-state index contributed by atoms with van der Waals surface area (Å²) in [5.41, 5.74) is 0.557. The number of benzene rings is 1. The van der Waals surface area contributed by atoms with Gasteiger partial charge in [-0.05, 0) is 13.0 Å². The van der Waals surface area contributed by atoms with Gasteiger partial charge in [0.05, 0.1) is 4.92 Å². The molecule has 1 amide bonds. The number of anilines is 1. The van der Waals surface area contributed by atoms with Gasteiger partial charge in [-0.1, -0.05) is 6.07 Å². The van der Waals surface area contributed by atoms with Crippen LogP contribution in [-0.2, 0) is 4.79 Å². The van der Waals surface area contributed by atoms with E-state index in [0.717, 1.165) is 0 Å². The second-order valence-corrected chi connectivity index (χ2v) is 3.91. The number of hydrogen-bond acceptors (Lipinski definition) is 4. The molecule has 0 bridgehead atoms. The molecule has 6 heteroatoms. The molecule has 1 rings (SSSR count). The Bertz CT molecular complexity index is 432. The van der Waals surface area contributed by atoms with Crippen LogP contribution in [0.1, 0.15) is 6.92 Å². The van der Waals surface area contributed by atoms with Crippen molar-refractivity contribution in [2.45, 2.75) is 13.0 Å². The van der Waals surface area contributed by atoms with E-state index in [2.05, 4.69) is 5.32 Å². The third kappa shape index (κ3) is 3.44. The minimum atomic E-state index is -0.469. The summed E-state index contributed by atoms with van der Waals surface area (Å²) in [6.07, 6.45) is 0. The first-order valence-electron chi connectivity index (χ1n) is 5.14. The highest BCUT2D eigenvalue weighted by Crippen LogP contribution is 2.17. The van der Waals surface area contributed by atoms with Crippen LogP contribution in [0, 0.1) is 10.1 Å². The van der Waals surface area contributed by atoms with Crippen LogP contribution >= 0.6 is 0 Å². The van der Waals surface area contributed by atoms with Crippen molar-refractivity contribution in [2.75, 3.05) is 19.4 Å². The van der Waals surface area contributed by atoms with Gasteiger partial charge in [-0.15, -0.1) is 0 Å². The molecule has 92 valence electrons. The summed E-state index contributed by atoms with van der Waals surface area (Å²) in [7, 11) is 3.32. The zero-order chi connectivity index (χ0) is 13.0. The van der Waals surface area contributed by atoms with E-state index < -0.39 is 11.0 Å². The highest BCUT2D eigenvalue weighted by atomic mass is 16.6. The summed E-state index contributed by atoms with van der Waals surface area (Å²) in [5.74, 6) is -0.0866. The van der Waals surface area contributed by atoms with E-state index in [0.29, 0.717) is 5.69 Å². The van der Waals surface area contributed by atoms with E-state index in [-0.39, 0.29) is 11.6 Å². The minimum absolute atomic E-state index is 0.000461. The summed E-state index contributed by atoms with van der Waals surface area (Å²) in [4.78, 5) is 23.2. The molecule has 0 aliphatic rings. The van der Waals surface area contributed by atoms with Gasteiger partial charge in [-0.3, -0.25) is 14.9 Å². The lowest BCUT2D eigenvalue weighted by Gasteiger charge is -2.18. The number of hydrogen-bond donors (Lipinski definition) is 1. The van der Waals surface area contributed by atoms with Crippen LogP contribution in [0.2, 0.25) is 0 Å². The monoisotopic (exact) mass is 237 g/mol. The number of nitro groups is 1. The van der Waals surface area contributed by atoms with Gasteiger partial charge < -0.3 is 10.2 Å². The second-order valence-electron chi connectivity index (χ2n) is 3.91. The molecular formula is C11H15N3O3. The molecule has 0 fully saturated rings. The number of rotatable bonds is 4. The Morgan fingerprint density at radius 1 is 1.47 bits per heavy atom. The molecule has 0 spiro atoms. The lowest BCUT2D eigenvalue weighted by molar-refractivity contribution is -0.384. The average Bonchev–Trinajstić information content (AvgIpc) is 2.28. The highest BCUT2D eigenvalue weighted by molar-refractivity contribution is 5.83. The molecule has 0 radical (unpaired) electrons. The van der Waals surface area contributed by atoms with Crippen LogP contribution in [0.3, 0.4) is 0 Å². The first-order valence-corrected chi connectivity index (χ1v) is 5.14. The summed E-state index contributed by atoms with van der Waals surface area (Å²) in [6.45, 7) is 1.71. The smallest absolute Gasteiger partial charge is 0.271 e. The number of carbonyl (C=O) groups excluding carboxylic acids is 1. The van der Waals surface area contributed by atoms with Crippen LogP contribution in [0.4, 0.5) is 11.4 Å². The van der Waals surface area contributed by atoms with E-state index >= 15 is 0 Å². The average molecular weight is 237 g/mol. The molecule has 0 heterocycles. The Morgan fingerprint density at radius 3 is 2.65 bits per heavy atom. The van der Waals surface area contributed by atoms with Crippen molar-refractivity contribution in [3.8, 4) is 0 Å².